The van der Waals surface area contributed by atoms with Gasteiger partial charge in [0.2, 0.25) is 5.89 Å². The van der Waals surface area contributed by atoms with E-state index in [4.69, 9.17) is 9.15 Å². The quantitative estimate of drug-likeness (QED) is 0.544. The standard InChI is InChI=1S/C21H21BrN2O3/c1-14(2)19(24-21(25)26-13-15-6-4-3-5-7-15)20-23-12-18(27-20)16-8-10-17(22)11-9-16/h3-12,14,19H,13H2,1-2H3,(H,24,25). The van der Waals surface area contributed by atoms with Crippen LogP contribution in [0, 0.1) is 5.92 Å². The third-order valence-electron chi connectivity index (χ3n) is 4.07. The monoisotopic (exact) mass is 428 g/mol. The highest BCUT2D eigenvalue weighted by Gasteiger charge is 2.24. The number of alkyl carbamates (subject to hydrolysis) is 1. The van der Waals surface area contributed by atoms with Gasteiger partial charge in [0.1, 0.15) is 12.6 Å². The first-order chi connectivity index (χ1) is 13.0. The predicted molar refractivity (Wildman–Crippen MR) is 107 cm³/mol. The van der Waals surface area contributed by atoms with Crippen LogP contribution in [0.5, 0.6) is 0 Å². The Bertz CT molecular complexity index is 876. The Hall–Kier alpha value is -2.60. The number of amides is 1. The molecule has 0 saturated carbocycles. The van der Waals surface area contributed by atoms with Crippen molar-refractivity contribution in [1.29, 1.82) is 0 Å². The van der Waals surface area contributed by atoms with E-state index in [9.17, 15) is 4.79 Å². The van der Waals surface area contributed by atoms with Crippen LogP contribution in [0.3, 0.4) is 0 Å². The first-order valence-electron chi connectivity index (χ1n) is 8.72. The highest BCUT2D eigenvalue weighted by atomic mass is 79.9. The van der Waals surface area contributed by atoms with E-state index in [-0.39, 0.29) is 18.6 Å². The summed E-state index contributed by atoms with van der Waals surface area (Å²) in [5.74, 6) is 1.20. The number of benzene rings is 2. The van der Waals surface area contributed by atoms with Crippen molar-refractivity contribution < 1.29 is 13.9 Å². The molecule has 1 amide bonds. The summed E-state index contributed by atoms with van der Waals surface area (Å²) in [7, 11) is 0. The van der Waals surface area contributed by atoms with Crippen molar-refractivity contribution >= 4 is 22.0 Å². The number of aromatic nitrogens is 1. The van der Waals surface area contributed by atoms with E-state index in [0.717, 1.165) is 15.6 Å². The molecule has 1 atom stereocenters. The zero-order chi connectivity index (χ0) is 19.2. The van der Waals surface area contributed by atoms with Crippen molar-refractivity contribution in [2.75, 3.05) is 0 Å². The summed E-state index contributed by atoms with van der Waals surface area (Å²) in [6, 6.07) is 16.9. The van der Waals surface area contributed by atoms with Crippen LogP contribution in [0.2, 0.25) is 0 Å². The molecule has 3 rings (SSSR count). The Labute approximate surface area is 166 Å². The fraction of sp³-hybridized carbons (Fsp3) is 0.238. The molecule has 1 N–H and O–H groups in total. The lowest BCUT2D eigenvalue weighted by atomic mass is 10.1. The maximum Gasteiger partial charge on any atom is 0.408 e. The molecule has 0 bridgehead atoms. The zero-order valence-corrected chi connectivity index (χ0v) is 16.8. The van der Waals surface area contributed by atoms with E-state index in [1.807, 2.05) is 68.4 Å². The molecular formula is C21H21BrN2O3. The number of hydrogen-bond donors (Lipinski definition) is 1. The Morgan fingerprint density at radius 1 is 1.15 bits per heavy atom. The molecule has 27 heavy (non-hydrogen) atoms. The van der Waals surface area contributed by atoms with Gasteiger partial charge in [0.05, 0.1) is 6.20 Å². The summed E-state index contributed by atoms with van der Waals surface area (Å²) < 4.78 is 12.2. The minimum Gasteiger partial charge on any atom is -0.445 e. The second-order valence-electron chi connectivity index (χ2n) is 6.50. The molecular weight excluding hydrogens is 408 g/mol. The first kappa shape index (κ1) is 19.2. The molecule has 1 aromatic heterocycles. The number of oxazole rings is 1. The lowest BCUT2D eigenvalue weighted by Gasteiger charge is -2.19. The fourth-order valence-electron chi connectivity index (χ4n) is 2.58. The Morgan fingerprint density at radius 2 is 1.85 bits per heavy atom. The van der Waals surface area contributed by atoms with Gasteiger partial charge < -0.3 is 14.5 Å². The Kier molecular flexibility index (Phi) is 6.29. The smallest absolute Gasteiger partial charge is 0.408 e. The molecule has 3 aromatic rings. The lowest BCUT2D eigenvalue weighted by molar-refractivity contribution is 0.130. The largest absolute Gasteiger partial charge is 0.445 e. The maximum absolute atomic E-state index is 12.2. The molecule has 1 heterocycles. The molecule has 0 aliphatic rings. The zero-order valence-electron chi connectivity index (χ0n) is 15.2. The number of hydrogen-bond acceptors (Lipinski definition) is 4. The molecule has 0 spiro atoms. The topological polar surface area (TPSA) is 64.4 Å². The van der Waals surface area contributed by atoms with Gasteiger partial charge in [-0.25, -0.2) is 9.78 Å². The van der Waals surface area contributed by atoms with Crippen LogP contribution in [0.4, 0.5) is 4.79 Å². The Balaban J connectivity index is 1.66. The van der Waals surface area contributed by atoms with Gasteiger partial charge in [-0.05, 0) is 23.6 Å². The summed E-state index contributed by atoms with van der Waals surface area (Å²) >= 11 is 3.42. The van der Waals surface area contributed by atoms with Crippen molar-refractivity contribution in [3.63, 3.8) is 0 Å². The first-order valence-corrected chi connectivity index (χ1v) is 9.51. The molecule has 1 unspecified atom stereocenters. The van der Waals surface area contributed by atoms with Gasteiger partial charge >= 0.3 is 6.09 Å². The second-order valence-corrected chi connectivity index (χ2v) is 7.41. The SMILES string of the molecule is CC(C)C(NC(=O)OCc1ccccc1)c1ncc(-c2ccc(Br)cc2)o1. The van der Waals surface area contributed by atoms with Crippen LogP contribution in [-0.2, 0) is 11.3 Å². The van der Waals surface area contributed by atoms with Gasteiger partial charge in [0.15, 0.2) is 5.76 Å². The normalized spacial score (nSPS) is 12.0. The van der Waals surface area contributed by atoms with E-state index >= 15 is 0 Å². The third-order valence-corrected chi connectivity index (χ3v) is 4.60. The summed E-state index contributed by atoms with van der Waals surface area (Å²) in [5, 5.41) is 2.85. The van der Waals surface area contributed by atoms with Crippen LogP contribution in [-0.4, -0.2) is 11.1 Å². The number of nitrogens with zero attached hydrogens (tertiary/aromatic N) is 1. The van der Waals surface area contributed by atoms with Crippen LogP contribution in [0.25, 0.3) is 11.3 Å². The number of nitrogens with one attached hydrogen (secondary N) is 1. The van der Waals surface area contributed by atoms with Gasteiger partial charge in [0, 0.05) is 10.0 Å². The molecule has 2 aromatic carbocycles. The molecule has 0 saturated heterocycles. The van der Waals surface area contributed by atoms with Crippen molar-refractivity contribution in [2.45, 2.75) is 26.5 Å². The van der Waals surface area contributed by atoms with Crippen LogP contribution < -0.4 is 5.32 Å². The van der Waals surface area contributed by atoms with Gasteiger partial charge in [0.25, 0.3) is 0 Å². The average Bonchev–Trinajstić information content (AvgIpc) is 3.15. The number of carbonyl (C=O) groups excluding carboxylic acids is 1. The van der Waals surface area contributed by atoms with E-state index in [1.54, 1.807) is 6.20 Å². The van der Waals surface area contributed by atoms with E-state index in [2.05, 4.69) is 26.2 Å². The van der Waals surface area contributed by atoms with Crippen molar-refractivity contribution in [3.8, 4) is 11.3 Å². The van der Waals surface area contributed by atoms with E-state index < -0.39 is 6.09 Å². The van der Waals surface area contributed by atoms with Crippen LogP contribution in [0.15, 0.2) is 69.7 Å². The highest BCUT2D eigenvalue weighted by Crippen LogP contribution is 2.27. The van der Waals surface area contributed by atoms with E-state index in [1.165, 1.54) is 0 Å². The molecule has 0 radical (unpaired) electrons. The van der Waals surface area contributed by atoms with Crippen molar-refractivity contribution in [1.82, 2.24) is 10.3 Å². The molecule has 6 heteroatoms. The second kappa shape index (κ2) is 8.86. The van der Waals surface area contributed by atoms with Gasteiger partial charge in [-0.2, -0.15) is 0 Å². The van der Waals surface area contributed by atoms with Crippen LogP contribution >= 0.6 is 15.9 Å². The number of ether oxygens (including phenoxy) is 1. The molecule has 0 aliphatic carbocycles. The van der Waals surface area contributed by atoms with Gasteiger partial charge in [-0.15, -0.1) is 0 Å². The van der Waals surface area contributed by atoms with Gasteiger partial charge in [-0.3, -0.25) is 0 Å². The maximum atomic E-state index is 12.2. The fourth-order valence-corrected chi connectivity index (χ4v) is 2.85. The summed E-state index contributed by atoms with van der Waals surface area (Å²) in [5.41, 5.74) is 1.86. The highest BCUT2D eigenvalue weighted by molar-refractivity contribution is 9.10. The lowest BCUT2D eigenvalue weighted by Crippen LogP contribution is -2.32. The molecule has 0 fully saturated rings. The minimum absolute atomic E-state index is 0.0886. The van der Waals surface area contributed by atoms with Gasteiger partial charge in [-0.1, -0.05) is 72.2 Å². The summed E-state index contributed by atoms with van der Waals surface area (Å²) in [4.78, 5) is 16.6. The predicted octanol–water partition coefficient (Wildman–Crippen LogP) is 5.73. The molecule has 5 nitrogen and oxygen atoms in total. The third kappa shape index (κ3) is 5.20. The summed E-state index contributed by atoms with van der Waals surface area (Å²) in [6.07, 6.45) is 1.17. The van der Waals surface area contributed by atoms with Crippen molar-refractivity contribution in [2.24, 2.45) is 5.92 Å². The molecule has 0 aliphatic heterocycles. The summed E-state index contributed by atoms with van der Waals surface area (Å²) in [6.45, 7) is 4.20. The average molecular weight is 429 g/mol. The Morgan fingerprint density at radius 3 is 2.52 bits per heavy atom. The minimum atomic E-state index is -0.499. The van der Waals surface area contributed by atoms with E-state index in [0.29, 0.717) is 11.7 Å². The number of rotatable bonds is 6. The number of halogens is 1. The molecule has 140 valence electrons. The number of carbonyl (C=O) groups is 1. The van der Waals surface area contributed by atoms with Crippen molar-refractivity contribution in [3.05, 3.63) is 76.7 Å². The van der Waals surface area contributed by atoms with Crippen LogP contribution in [0.1, 0.15) is 31.3 Å².